The van der Waals surface area contributed by atoms with Gasteiger partial charge in [0.25, 0.3) is 0 Å². The van der Waals surface area contributed by atoms with Gasteiger partial charge in [0, 0.05) is 6.26 Å². The molecule has 0 radical (unpaired) electrons. The second kappa shape index (κ2) is 8.96. The Morgan fingerprint density at radius 2 is 1.56 bits per heavy atom. The minimum absolute atomic E-state index is 0.00218. The number of benzene rings is 3. The van der Waals surface area contributed by atoms with Crippen LogP contribution in [0.2, 0.25) is 0 Å². The molecule has 0 aliphatic carbocycles. The SMILES string of the molecule is CC(NC(=O)Cn1c(CS(C)(=O)=O)nc2ccccc21)c1ccc(-c2ccccc2)cc1. The van der Waals surface area contributed by atoms with E-state index in [1.165, 1.54) is 0 Å². The van der Waals surface area contributed by atoms with Crippen LogP contribution in [-0.2, 0) is 26.9 Å². The van der Waals surface area contributed by atoms with Crippen molar-refractivity contribution in [2.24, 2.45) is 0 Å². The van der Waals surface area contributed by atoms with Gasteiger partial charge in [0.2, 0.25) is 5.91 Å². The summed E-state index contributed by atoms with van der Waals surface area (Å²) in [5.41, 5.74) is 4.65. The molecule has 0 fully saturated rings. The summed E-state index contributed by atoms with van der Waals surface area (Å²) in [6, 6.07) is 25.4. The highest BCUT2D eigenvalue weighted by Gasteiger charge is 2.18. The van der Waals surface area contributed by atoms with Gasteiger partial charge in [-0.3, -0.25) is 4.79 Å². The van der Waals surface area contributed by atoms with Crippen LogP contribution >= 0.6 is 0 Å². The first-order valence-electron chi connectivity index (χ1n) is 10.4. The lowest BCUT2D eigenvalue weighted by molar-refractivity contribution is -0.122. The first kappa shape index (κ1) is 21.8. The number of hydrogen-bond donors (Lipinski definition) is 1. The molecule has 0 bridgehead atoms. The number of para-hydroxylation sites is 2. The van der Waals surface area contributed by atoms with Crippen LogP contribution in [0.25, 0.3) is 22.2 Å². The Bertz CT molecular complexity index is 1340. The quantitative estimate of drug-likeness (QED) is 0.462. The van der Waals surface area contributed by atoms with Crippen molar-refractivity contribution in [2.75, 3.05) is 6.26 Å². The fraction of sp³-hybridized carbons (Fsp3) is 0.200. The molecule has 1 atom stereocenters. The van der Waals surface area contributed by atoms with Crippen molar-refractivity contribution in [2.45, 2.75) is 25.3 Å². The molecular weight excluding hydrogens is 422 g/mol. The third-order valence-corrected chi connectivity index (χ3v) is 6.10. The zero-order chi connectivity index (χ0) is 22.7. The normalized spacial score (nSPS) is 12.6. The first-order valence-corrected chi connectivity index (χ1v) is 12.4. The summed E-state index contributed by atoms with van der Waals surface area (Å²) < 4.78 is 25.4. The molecule has 4 aromatic rings. The minimum Gasteiger partial charge on any atom is -0.348 e. The number of carbonyl (C=O) groups excluding carboxylic acids is 1. The lowest BCUT2D eigenvalue weighted by atomic mass is 10.0. The average Bonchev–Trinajstić information content (AvgIpc) is 3.09. The summed E-state index contributed by atoms with van der Waals surface area (Å²) in [5.74, 6) is -0.0582. The molecule has 6 nitrogen and oxygen atoms in total. The summed E-state index contributed by atoms with van der Waals surface area (Å²) >= 11 is 0. The van der Waals surface area contributed by atoms with Gasteiger partial charge in [0.1, 0.15) is 18.1 Å². The summed E-state index contributed by atoms with van der Waals surface area (Å²) in [7, 11) is -3.29. The Kier molecular flexibility index (Phi) is 6.10. The minimum atomic E-state index is -3.29. The maximum atomic E-state index is 12.8. The molecule has 1 heterocycles. The van der Waals surface area contributed by atoms with Crippen LogP contribution in [0.1, 0.15) is 24.4 Å². The van der Waals surface area contributed by atoms with Crippen molar-refractivity contribution in [3.63, 3.8) is 0 Å². The third kappa shape index (κ3) is 5.06. The predicted octanol–water partition coefficient (Wildman–Crippen LogP) is 4.13. The van der Waals surface area contributed by atoms with Gasteiger partial charge in [-0.1, -0.05) is 66.7 Å². The number of rotatable bonds is 7. The van der Waals surface area contributed by atoms with Gasteiger partial charge in [0.05, 0.1) is 17.1 Å². The smallest absolute Gasteiger partial charge is 0.240 e. The van der Waals surface area contributed by atoms with Crippen LogP contribution in [0.3, 0.4) is 0 Å². The molecule has 0 saturated heterocycles. The molecule has 0 aliphatic rings. The Balaban J connectivity index is 1.50. The number of imidazole rings is 1. The van der Waals surface area contributed by atoms with E-state index in [1.807, 2.05) is 73.7 Å². The van der Waals surface area contributed by atoms with Crippen molar-refractivity contribution in [3.8, 4) is 11.1 Å². The highest BCUT2D eigenvalue weighted by molar-refractivity contribution is 7.89. The monoisotopic (exact) mass is 447 g/mol. The fourth-order valence-corrected chi connectivity index (χ4v) is 4.44. The second-order valence-electron chi connectivity index (χ2n) is 7.95. The summed E-state index contributed by atoms with van der Waals surface area (Å²) in [5, 5.41) is 3.01. The largest absolute Gasteiger partial charge is 0.348 e. The zero-order valence-corrected chi connectivity index (χ0v) is 18.8. The highest BCUT2D eigenvalue weighted by atomic mass is 32.2. The molecule has 1 amide bonds. The molecule has 1 unspecified atom stereocenters. The molecule has 1 aromatic heterocycles. The van der Waals surface area contributed by atoms with E-state index in [9.17, 15) is 13.2 Å². The van der Waals surface area contributed by atoms with Gasteiger partial charge < -0.3 is 9.88 Å². The number of carbonyl (C=O) groups is 1. The van der Waals surface area contributed by atoms with E-state index in [1.54, 1.807) is 4.57 Å². The van der Waals surface area contributed by atoms with Gasteiger partial charge >= 0.3 is 0 Å². The van der Waals surface area contributed by atoms with Crippen molar-refractivity contribution in [1.29, 1.82) is 0 Å². The Labute approximate surface area is 187 Å². The predicted molar refractivity (Wildman–Crippen MR) is 127 cm³/mol. The number of sulfone groups is 1. The number of nitrogens with one attached hydrogen (secondary N) is 1. The first-order chi connectivity index (χ1) is 15.3. The molecule has 0 spiro atoms. The molecule has 32 heavy (non-hydrogen) atoms. The number of fused-ring (bicyclic) bond motifs is 1. The van der Waals surface area contributed by atoms with Gasteiger partial charge in [-0.25, -0.2) is 13.4 Å². The van der Waals surface area contributed by atoms with Crippen LogP contribution in [0.4, 0.5) is 0 Å². The summed E-state index contributed by atoms with van der Waals surface area (Å²) in [6.45, 7) is 1.93. The number of amides is 1. The second-order valence-corrected chi connectivity index (χ2v) is 10.1. The molecule has 3 aromatic carbocycles. The molecule has 7 heteroatoms. The highest BCUT2D eigenvalue weighted by Crippen LogP contribution is 2.22. The Morgan fingerprint density at radius 3 is 2.25 bits per heavy atom. The van der Waals surface area contributed by atoms with Crippen molar-refractivity contribution >= 4 is 26.8 Å². The van der Waals surface area contributed by atoms with Crippen LogP contribution in [-0.4, -0.2) is 30.1 Å². The van der Waals surface area contributed by atoms with E-state index in [4.69, 9.17) is 0 Å². The van der Waals surface area contributed by atoms with Crippen molar-refractivity contribution < 1.29 is 13.2 Å². The maximum Gasteiger partial charge on any atom is 0.240 e. The van der Waals surface area contributed by atoms with E-state index in [-0.39, 0.29) is 24.2 Å². The van der Waals surface area contributed by atoms with Crippen molar-refractivity contribution in [1.82, 2.24) is 14.9 Å². The summed E-state index contributed by atoms with van der Waals surface area (Å²) in [4.78, 5) is 17.3. The molecule has 0 aliphatic heterocycles. The molecule has 164 valence electrons. The molecular formula is C25H25N3O3S. The Hall–Kier alpha value is -3.45. The van der Waals surface area contributed by atoms with Gasteiger partial charge in [-0.2, -0.15) is 0 Å². The fourth-order valence-electron chi connectivity index (χ4n) is 3.76. The number of hydrogen-bond acceptors (Lipinski definition) is 4. The molecule has 0 saturated carbocycles. The number of aromatic nitrogens is 2. The zero-order valence-electron chi connectivity index (χ0n) is 18.0. The van der Waals surface area contributed by atoms with E-state index in [0.29, 0.717) is 11.3 Å². The van der Waals surface area contributed by atoms with Crippen LogP contribution < -0.4 is 5.32 Å². The summed E-state index contributed by atoms with van der Waals surface area (Å²) in [6.07, 6.45) is 1.16. The van der Waals surface area contributed by atoms with Crippen LogP contribution in [0, 0.1) is 0 Å². The van der Waals surface area contributed by atoms with Gasteiger partial charge in [-0.15, -0.1) is 0 Å². The van der Waals surface area contributed by atoms with E-state index in [2.05, 4.69) is 22.4 Å². The van der Waals surface area contributed by atoms with E-state index >= 15 is 0 Å². The Morgan fingerprint density at radius 1 is 0.938 bits per heavy atom. The lowest BCUT2D eigenvalue weighted by Gasteiger charge is -2.16. The third-order valence-electron chi connectivity index (χ3n) is 5.32. The average molecular weight is 448 g/mol. The lowest BCUT2D eigenvalue weighted by Crippen LogP contribution is -2.30. The van der Waals surface area contributed by atoms with E-state index in [0.717, 1.165) is 28.5 Å². The van der Waals surface area contributed by atoms with Crippen LogP contribution in [0.5, 0.6) is 0 Å². The molecule has 4 rings (SSSR count). The molecule has 1 N–H and O–H groups in total. The van der Waals surface area contributed by atoms with Gasteiger partial charge in [0.15, 0.2) is 9.84 Å². The topological polar surface area (TPSA) is 81.1 Å². The maximum absolute atomic E-state index is 12.8. The van der Waals surface area contributed by atoms with Gasteiger partial charge in [-0.05, 0) is 35.7 Å². The van der Waals surface area contributed by atoms with E-state index < -0.39 is 9.84 Å². The number of nitrogens with zero attached hydrogens (tertiary/aromatic N) is 2. The van der Waals surface area contributed by atoms with Crippen molar-refractivity contribution in [3.05, 3.63) is 90.3 Å². The standard InChI is InChI=1S/C25H25N3O3S/c1-18(19-12-14-21(15-13-19)20-8-4-3-5-9-20)26-25(29)16-28-23-11-7-6-10-22(23)27-24(28)17-32(2,30)31/h3-15,18H,16-17H2,1-2H3,(H,26,29). The van der Waals surface area contributed by atoms with Crippen LogP contribution in [0.15, 0.2) is 78.9 Å².